The molecule has 0 aromatic heterocycles. The molecule has 7 atom stereocenters. The van der Waals surface area contributed by atoms with Crippen molar-refractivity contribution in [1.29, 1.82) is 0 Å². The van der Waals surface area contributed by atoms with Crippen molar-refractivity contribution in [2.75, 3.05) is 0 Å². The van der Waals surface area contributed by atoms with E-state index in [1.165, 1.54) is 51.4 Å². The molecule has 0 radical (unpaired) electrons. The minimum atomic E-state index is 0.421. The van der Waals surface area contributed by atoms with Gasteiger partial charge in [-0.05, 0) is 91.3 Å². The molecule has 0 bridgehead atoms. The van der Waals surface area contributed by atoms with Crippen molar-refractivity contribution in [1.82, 2.24) is 0 Å². The predicted molar refractivity (Wildman–Crippen MR) is 117 cm³/mol. The van der Waals surface area contributed by atoms with Gasteiger partial charge in [0, 0.05) is 0 Å². The van der Waals surface area contributed by atoms with Crippen LogP contribution in [-0.2, 0) is 0 Å². The zero-order chi connectivity index (χ0) is 19.7. The van der Waals surface area contributed by atoms with E-state index in [0.717, 1.165) is 35.5 Å². The van der Waals surface area contributed by atoms with Gasteiger partial charge in [0.25, 0.3) is 0 Å². The first-order valence-electron chi connectivity index (χ1n) is 11.9. The van der Waals surface area contributed by atoms with Gasteiger partial charge in [-0.15, -0.1) is 0 Å². The van der Waals surface area contributed by atoms with Gasteiger partial charge in [-0.25, -0.2) is 0 Å². The molecule has 26 heavy (non-hydrogen) atoms. The lowest BCUT2D eigenvalue weighted by Crippen LogP contribution is -2.48. The van der Waals surface area contributed by atoms with Crippen LogP contribution in [0, 0.1) is 46.3 Å². The maximum absolute atomic E-state index is 4.61. The average Bonchev–Trinajstić information content (AvgIpc) is 2.96. The molecule has 152 valence electrons. The summed E-state index contributed by atoms with van der Waals surface area (Å²) in [4.78, 5) is 0. The smallest absolute Gasteiger partial charge is 0.00879 e. The van der Waals surface area contributed by atoms with E-state index >= 15 is 0 Å². The third-order valence-electron chi connectivity index (χ3n) is 9.16. The first kappa shape index (κ1) is 22.0. The predicted octanol–water partition coefficient (Wildman–Crippen LogP) is 8.52. The van der Waals surface area contributed by atoms with Crippen LogP contribution in [0.3, 0.4) is 0 Å². The second-order valence-corrected chi connectivity index (χ2v) is 10.6. The van der Waals surface area contributed by atoms with Crippen LogP contribution in [0.4, 0.5) is 0 Å². The summed E-state index contributed by atoms with van der Waals surface area (Å²) in [5, 5.41) is 0. The molecule has 3 fully saturated rings. The van der Waals surface area contributed by atoms with Crippen LogP contribution in [-0.4, -0.2) is 0 Å². The van der Waals surface area contributed by atoms with Crippen molar-refractivity contribution in [3.63, 3.8) is 0 Å². The van der Waals surface area contributed by atoms with Crippen LogP contribution in [0.2, 0.25) is 0 Å². The fourth-order valence-electron chi connectivity index (χ4n) is 7.71. The lowest BCUT2D eigenvalue weighted by Gasteiger charge is -2.56. The first-order chi connectivity index (χ1) is 12.2. The molecule has 3 aliphatic rings. The molecule has 0 aromatic rings. The molecular weight excluding hydrogens is 312 g/mol. The van der Waals surface area contributed by atoms with Gasteiger partial charge in [-0.2, -0.15) is 0 Å². The van der Waals surface area contributed by atoms with Gasteiger partial charge in [0.2, 0.25) is 0 Å². The van der Waals surface area contributed by atoms with E-state index in [0.29, 0.717) is 10.8 Å². The molecule has 0 amide bonds. The van der Waals surface area contributed by atoms with Crippen molar-refractivity contribution in [3.05, 3.63) is 12.2 Å². The van der Waals surface area contributed by atoms with Gasteiger partial charge >= 0.3 is 0 Å². The molecule has 0 N–H and O–H groups in total. The molecular formula is C26H48. The maximum Gasteiger partial charge on any atom is -0.00879 e. The van der Waals surface area contributed by atoms with Gasteiger partial charge in [0.1, 0.15) is 0 Å². The SMILES string of the molecule is C=C1CC(C)CCC1(C)C1CCC2(C)C(C(C)C)CCC2C1CC.CC. The Labute approximate surface area is 165 Å². The lowest BCUT2D eigenvalue weighted by molar-refractivity contribution is -0.0457. The third kappa shape index (κ3) is 3.56. The second-order valence-electron chi connectivity index (χ2n) is 10.6. The Morgan fingerprint density at radius 2 is 1.65 bits per heavy atom. The average molecular weight is 361 g/mol. The third-order valence-corrected chi connectivity index (χ3v) is 9.16. The van der Waals surface area contributed by atoms with Crippen molar-refractivity contribution in [2.45, 2.75) is 107 Å². The van der Waals surface area contributed by atoms with Gasteiger partial charge in [-0.1, -0.05) is 74.0 Å². The van der Waals surface area contributed by atoms with Gasteiger partial charge < -0.3 is 0 Å². The van der Waals surface area contributed by atoms with Crippen molar-refractivity contribution < 1.29 is 0 Å². The number of rotatable bonds is 3. The summed E-state index contributed by atoms with van der Waals surface area (Å²) in [6.07, 6.45) is 11.4. The van der Waals surface area contributed by atoms with Crippen molar-refractivity contribution in [2.24, 2.45) is 46.3 Å². The number of allylic oxidation sites excluding steroid dienone is 1. The number of hydrogen-bond donors (Lipinski definition) is 0. The van der Waals surface area contributed by atoms with E-state index < -0.39 is 0 Å². The molecule has 0 heteroatoms. The van der Waals surface area contributed by atoms with Crippen molar-refractivity contribution in [3.8, 4) is 0 Å². The summed E-state index contributed by atoms with van der Waals surface area (Å²) < 4.78 is 0. The summed E-state index contributed by atoms with van der Waals surface area (Å²) in [5.74, 6) is 5.47. The van der Waals surface area contributed by atoms with E-state index in [4.69, 9.17) is 0 Å². The van der Waals surface area contributed by atoms with Crippen LogP contribution in [0.25, 0.3) is 0 Å². The van der Waals surface area contributed by atoms with Crippen LogP contribution >= 0.6 is 0 Å². The molecule has 7 unspecified atom stereocenters. The Kier molecular flexibility index (Phi) is 7.12. The van der Waals surface area contributed by atoms with E-state index in [1.54, 1.807) is 5.57 Å². The summed E-state index contributed by atoms with van der Waals surface area (Å²) in [5.41, 5.74) is 2.63. The van der Waals surface area contributed by atoms with Gasteiger partial charge in [0.15, 0.2) is 0 Å². The van der Waals surface area contributed by atoms with E-state index in [2.05, 4.69) is 48.1 Å². The van der Waals surface area contributed by atoms with Crippen LogP contribution < -0.4 is 0 Å². The zero-order valence-corrected chi connectivity index (χ0v) is 19.3. The second kappa shape index (κ2) is 8.40. The fraction of sp³-hybridized carbons (Fsp3) is 0.923. The Morgan fingerprint density at radius 1 is 1.00 bits per heavy atom. The van der Waals surface area contributed by atoms with E-state index in [9.17, 15) is 0 Å². The van der Waals surface area contributed by atoms with Crippen LogP contribution in [0.1, 0.15) is 107 Å². The van der Waals surface area contributed by atoms with Crippen molar-refractivity contribution >= 4 is 0 Å². The molecule has 0 heterocycles. The zero-order valence-electron chi connectivity index (χ0n) is 19.3. The summed E-state index contributed by atoms with van der Waals surface area (Å²) in [7, 11) is 0. The molecule has 3 rings (SSSR count). The molecule has 3 saturated carbocycles. The lowest BCUT2D eigenvalue weighted by atomic mass is 9.49. The number of hydrogen-bond acceptors (Lipinski definition) is 0. The maximum atomic E-state index is 4.61. The topological polar surface area (TPSA) is 0 Å². The molecule has 0 nitrogen and oxygen atoms in total. The Morgan fingerprint density at radius 3 is 2.19 bits per heavy atom. The molecule has 0 saturated heterocycles. The summed E-state index contributed by atoms with van der Waals surface area (Å²) in [6, 6.07) is 0. The number of fused-ring (bicyclic) bond motifs is 1. The summed E-state index contributed by atoms with van der Waals surface area (Å²) in [6.45, 7) is 23.7. The van der Waals surface area contributed by atoms with Gasteiger partial charge in [0.05, 0.1) is 0 Å². The Balaban J connectivity index is 0.00000117. The molecule has 0 spiro atoms. The minimum absolute atomic E-state index is 0.421. The highest BCUT2D eigenvalue weighted by molar-refractivity contribution is 5.18. The highest BCUT2D eigenvalue weighted by atomic mass is 14.6. The minimum Gasteiger partial charge on any atom is -0.0993 e. The molecule has 0 aliphatic heterocycles. The summed E-state index contributed by atoms with van der Waals surface area (Å²) >= 11 is 0. The largest absolute Gasteiger partial charge is 0.0993 e. The molecule has 0 aromatic carbocycles. The van der Waals surface area contributed by atoms with E-state index in [-0.39, 0.29) is 0 Å². The van der Waals surface area contributed by atoms with Crippen LogP contribution in [0.5, 0.6) is 0 Å². The normalized spacial score (nSPS) is 45.9. The Bertz CT molecular complexity index is 474. The fourth-order valence-corrected chi connectivity index (χ4v) is 7.71. The Hall–Kier alpha value is -0.260. The monoisotopic (exact) mass is 360 g/mol. The molecule has 3 aliphatic carbocycles. The quantitative estimate of drug-likeness (QED) is 0.442. The highest BCUT2D eigenvalue weighted by Crippen LogP contribution is 2.65. The first-order valence-corrected chi connectivity index (χ1v) is 11.9. The van der Waals surface area contributed by atoms with Crippen LogP contribution in [0.15, 0.2) is 12.2 Å². The highest BCUT2D eigenvalue weighted by Gasteiger charge is 2.57. The van der Waals surface area contributed by atoms with E-state index in [1.807, 2.05) is 13.8 Å². The van der Waals surface area contributed by atoms with Gasteiger partial charge in [-0.3, -0.25) is 0 Å². The standard InChI is InChI=1S/C24H42.C2H6/c1-8-19-21-10-9-20(16(2)3)24(21,7)14-12-22(19)23(6)13-11-17(4)15-18(23)5;1-2/h16-17,19-22H,5,8-15H2,1-4,6-7H3;1-2H3.